The molecule has 1 atom stereocenters. The van der Waals surface area contributed by atoms with E-state index in [0.29, 0.717) is 17.5 Å². The van der Waals surface area contributed by atoms with E-state index in [4.69, 9.17) is 0 Å². The Morgan fingerprint density at radius 1 is 1.03 bits per heavy atom. The third kappa shape index (κ3) is 4.64. The summed E-state index contributed by atoms with van der Waals surface area (Å²) in [5, 5.41) is 9.24. The molecule has 0 aliphatic carbocycles. The zero-order valence-corrected chi connectivity index (χ0v) is 18.6. The van der Waals surface area contributed by atoms with E-state index in [1.165, 1.54) is 0 Å². The first-order chi connectivity index (χ1) is 13.6. The molecule has 152 valence electrons. The molecule has 3 rings (SSSR count). The van der Waals surface area contributed by atoms with Crippen molar-refractivity contribution in [3.05, 3.63) is 60.9 Å². The lowest BCUT2D eigenvalue weighted by Gasteiger charge is -2.30. The standard InChI is InChI=1S/C21H24BrN5O2/c1-11-6-7-13(10-14(11)22)25-20-23-9-8-15(27-20)26-17-16(18(28)19(17)29)24-12(2)21(3,4)5/h6-10,12,24H,1-5H3,(H2,23,25,26,27). The highest BCUT2D eigenvalue weighted by Crippen LogP contribution is 2.27. The van der Waals surface area contributed by atoms with Crippen molar-refractivity contribution in [2.24, 2.45) is 5.41 Å². The zero-order chi connectivity index (χ0) is 21.3. The maximum atomic E-state index is 12.1. The summed E-state index contributed by atoms with van der Waals surface area (Å²) in [5.41, 5.74) is 1.35. The fraction of sp³-hybridized carbons (Fsp3) is 0.333. The number of aryl methyl sites for hydroxylation is 1. The van der Waals surface area contributed by atoms with Crippen molar-refractivity contribution >= 4 is 44.8 Å². The highest BCUT2D eigenvalue weighted by molar-refractivity contribution is 9.10. The predicted molar refractivity (Wildman–Crippen MR) is 121 cm³/mol. The SMILES string of the molecule is Cc1ccc(Nc2nccc(Nc3c(NC(C)C(C)(C)C)c(=O)c3=O)n2)cc1Br. The van der Waals surface area contributed by atoms with Gasteiger partial charge in [0.05, 0.1) is 0 Å². The van der Waals surface area contributed by atoms with E-state index in [1.807, 2.05) is 32.0 Å². The number of aromatic nitrogens is 2. The van der Waals surface area contributed by atoms with Crippen LogP contribution in [-0.4, -0.2) is 16.0 Å². The van der Waals surface area contributed by atoms with Crippen molar-refractivity contribution in [2.75, 3.05) is 16.0 Å². The summed E-state index contributed by atoms with van der Waals surface area (Å²) >= 11 is 3.50. The average molecular weight is 458 g/mol. The number of hydrogen-bond donors (Lipinski definition) is 3. The molecule has 1 aromatic heterocycles. The quantitative estimate of drug-likeness (QED) is 0.469. The third-order valence-electron chi connectivity index (χ3n) is 4.91. The fourth-order valence-electron chi connectivity index (χ4n) is 2.50. The van der Waals surface area contributed by atoms with Gasteiger partial charge in [-0.2, -0.15) is 4.98 Å². The number of nitrogens with zero attached hydrogens (tertiary/aromatic N) is 2. The Bertz CT molecular complexity index is 1110. The van der Waals surface area contributed by atoms with Crippen molar-refractivity contribution < 1.29 is 0 Å². The Hall–Kier alpha value is -2.74. The second-order valence-corrected chi connectivity index (χ2v) is 8.97. The minimum absolute atomic E-state index is 0.00830. The second kappa shape index (κ2) is 7.94. The Labute approximate surface area is 177 Å². The van der Waals surface area contributed by atoms with Crippen molar-refractivity contribution in [1.82, 2.24) is 9.97 Å². The van der Waals surface area contributed by atoms with Gasteiger partial charge in [-0.15, -0.1) is 0 Å². The van der Waals surface area contributed by atoms with Crippen LogP contribution < -0.4 is 26.8 Å². The molecular formula is C21H24BrN5O2. The predicted octanol–water partition coefficient (Wildman–Crippen LogP) is 4.48. The van der Waals surface area contributed by atoms with Crippen LogP contribution in [0.2, 0.25) is 0 Å². The molecule has 1 heterocycles. The third-order valence-corrected chi connectivity index (χ3v) is 5.76. The molecule has 7 nitrogen and oxygen atoms in total. The van der Waals surface area contributed by atoms with Crippen LogP contribution in [0.4, 0.5) is 28.8 Å². The van der Waals surface area contributed by atoms with Gasteiger partial charge in [0.15, 0.2) is 0 Å². The van der Waals surface area contributed by atoms with Crippen LogP contribution in [0, 0.1) is 12.3 Å². The molecule has 3 N–H and O–H groups in total. The lowest BCUT2D eigenvalue weighted by Crippen LogP contribution is -2.41. The number of hydrogen-bond acceptors (Lipinski definition) is 7. The zero-order valence-electron chi connectivity index (χ0n) is 17.1. The molecule has 0 saturated carbocycles. The van der Waals surface area contributed by atoms with Gasteiger partial charge in [-0.1, -0.05) is 42.8 Å². The Kier molecular flexibility index (Phi) is 5.75. The van der Waals surface area contributed by atoms with Crippen LogP contribution in [0.1, 0.15) is 33.3 Å². The van der Waals surface area contributed by atoms with Gasteiger partial charge in [-0.05, 0) is 43.0 Å². The summed E-state index contributed by atoms with van der Waals surface area (Å²) in [5.74, 6) is 0.800. The van der Waals surface area contributed by atoms with Crippen LogP contribution in [0.5, 0.6) is 0 Å². The van der Waals surface area contributed by atoms with E-state index in [-0.39, 0.29) is 17.1 Å². The smallest absolute Gasteiger partial charge is 0.253 e. The minimum atomic E-state index is -0.552. The Morgan fingerprint density at radius 2 is 1.72 bits per heavy atom. The van der Waals surface area contributed by atoms with Crippen molar-refractivity contribution in [3.8, 4) is 0 Å². The molecule has 0 saturated heterocycles. The monoisotopic (exact) mass is 457 g/mol. The lowest BCUT2D eigenvalue weighted by molar-refractivity contribution is 0.359. The lowest BCUT2D eigenvalue weighted by atomic mass is 9.87. The molecule has 0 amide bonds. The van der Waals surface area contributed by atoms with Gasteiger partial charge in [-0.3, -0.25) is 9.59 Å². The Balaban J connectivity index is 1.79. The van der Waals surface area contributed by atoms with Gasteiger partial charge in [0.25, 0.3) is 10.9 Å². The molecule has 29 heavy (non-hydrogen) atoms. The van der Waals surface area contributed by atoms with Gasteiger partial charge in [-0.25, -0.2) is 4.98 Å². The van der Waals surface area contributed by atoms with Crippen LogP contribution in [0.3, 0.4) is 0 Å². The topological polar surface area (TPSA) is 96.0 Å². The van der Waals surface area contributed by atoms with E-state index in [0.717, 1.165) is 15.7 Å². The van der Waals surface area contributed by atoms with Crippen LogP contribution in [0.15, 0.2) is 44.5 Å². The van der Waals surface area contributed by atoms with Gasteiger partial charge < -0.3 is 16.0 Å². The minimum Gasteiger partial charge on any atom is -0.377 e. The largest absolute Gasteiger partial charge is 0.377 e. The molecule has 0 fully saturated rings. The number of anilines is 5. The molecule has 1 unspecified atom stereocenters. The van der Waals surface area contributed by atoms with E-state index >= 15 is 0 Å². The second-order valence-electron chi connectivity index (χ2n) is 8.12. The average Bonchev–Trinajstić information content (AvgIpc) is 2.66. The van der Waals surface area contributed by atoms with Gasteiger partial charge >= 0.3 is 0 Å². The normalized spacial score (nSPS) is 12.6. The molecule has 0 aliphatic rings. The van der Waals surface area contributed by atoms with Gasteiger partial charge in [0.2, 0.25) is 5.95 Å². The number of rotatable bonds is 6. The number of benzene rings is 1. The van der Waals surface area contributed by atoms with Crippen molar-refractivity contribution in [3.63, 3.8) is 0 Å². The highest BCUT2D eigenvalue weighted by Gasteiger charge is 2.27. The van der Waals surface area contributed by atoms with E-state index in [1.54, 1.807) is 12.3 Å². The van der Waals surface area contributed by atoms with E-state index < -0.39 is 10.9 Å². The molecule has 0 radical (unpaired) electrons. The summed E-state index contributed by atoms with van der Waals surface area (Å²) in [4.78, 5) is 32.7. The highest BCUT2D eigenvalue weighted by atomic mass is 79.9. The first-order valence-corrected chi connectivity index (χ1v) is 10.1. The van der Waals surface area contributed by atoms with Gasteiger partial charge in [0, 0.05) is 22.4 Å². The molecule has 2 aromatic carbocycles. The van der Waals surface area contributed by atoms with Crippen LogP contribution >= 0.6 is 15.9 Å². The summed E-state index contributed by atoms with van der Waals surface area (Å²) < 4.78 is 0.976. The summed E-state index contributed by atoms with van der Waals surface area (Å²) in [7, 11) is 0. The molecule has 0 bridgehead atoms. The molecule has 8 heteroatoms. The molecule has 3 aromatic rings. The first kappa shape index (κ1) is 21.0. The summed E-state index contributed by atoms with van der Waals surface area (Å²) in [6.45, 7) is 10.2. The molecule has 0 aliphatic heterocycles. The maximum absolute atomic E-state index is 12.1. The molecule has 0 spiro atoms. The Morgan fingerprint density at radius 3 is 2.38 bits per heavy atom. The van der Waals surface area contributed by atoms with Gasteiger partial charge in [0.1, 0.15) is 17.2 Å². The molecular weight excluding hydrogens is 434 g/mol. The number of nitrogens with one attached hydrogen (secondary N) is 3. The summed E-state index contributed by atoms with van der Waals surface area (Å²) in [6, 6.07) is 7.49. The van der Waals surface area contributed by atoms with Crippen molar-refractivity contribution in [1.29, 1.82) is 0 Å². The van der Waals surface area contributed by atoms with E-state index in [2.05, 4.69) is 62.6 Å². The van der Waals surface area contributed by atoms with E-state index in [9.17, 15) is 9.59 Å². The maximum Gasteiger partial charge on any atom is 0.253 e. The summed E-state index contributed by atoms with van der Waals surface area (Å²) in [6.07, 6.45) is 1.58. The fourth-order valence-corrected chi connectivity index (χ4v) is 2.88. The first-order valence-electron chi connectivity index (χ1n) is 9.29. The number of halogens is 1. The van der Waals surface area contributed by atoms with Crippen LogP contribution in [-0.2, 0) is 0 Å². The van der Waals surface area contributed by atoms with Crippen LogP contribution in [0.25, 0.3) is 0 Å². The van der Waals surface area contributed by atoms with Crippen molar-refractivity contribution in [2.45, 2.75) is 40.7 Å².